The number of nitrogens with zero attached hydrogens (tertiary/aromatic N) is 3. The molecule has 2 saturated carbocycles. The Morgan fingerprint density at radius 1 is 1.10 bits per heavy atom. The molecular formula is C16H26N4. The van der Waals surface area contributed by atoms with E-state index in [2.05, 4.69) is 27.2 Å². The molecular weight excluding hydrogens is 248 g/mol. The molecule has 3 aliphatic rings. The lowest BCUT2D eigenvalue weighted by Gasteiger charge is -2.15. The van der Waals surface area contributed by atoms with Gasteiger partial charge in [-0.15, -0.1) is 0 Å². The molecule has 20 heavy (non-hydrogen) atoms. The van der Waals surface area contributed by atoms with Gasteiger partial charge in [-0.1, -0.05) is 12.8 Å². The molecule has 1 N–H and O–H groups in total. The summed E-state index contributed by atoms with van der Waals surface area (Å²) in [7, 11) is 0. The molecule has 2 aliphatic carbocycles. The van der Waals surface area contributed by atoms with Gasteiger partial charge in [-0.2, -0.15) is 5.10 Å². The summed E-state index contributed by atoms with van der Waals surface area (Å²) in [4.78, 5) is 2.66. The first-order valence-corrected chi connectivity index (χ1v) is 8.40. The van der Waals surface area contributed by atoms with Crippen LogP contribution in [0.4, 0.5) is 0 Å². The highest BCUT2D eigenvalue weighted by Gasteiger charge is 2.34. The Bertz CT molecular complexity index is 445. The Morgan fingerprint density at radius 3 is 2.75 bits per heavy atom. The molecule has 110 valence electrons. The largest absolute Gasteiger partial charge is 0.307 e. The summed E-state index contributed by atoms with van der Waals surface area (Å²) in [6.45, 7) is 3.47. The Labute approximate surface area is 121 Å². The smallest absolute Gasteiger partial charge is 0.0762 e. The molecule has 4 heteroatoms. The first-order valence-electron chi connectivity index (χ1n) is 8.40. The van der Waals surface area contributed by atoms with Gasteiger partial charge in [-0.05, 0) is 38.2 Å². The number of hydrogen-bond acceptors (Lipinski definition) is 3. The number of aromatic nitrogens is 2. The van der Waals surface area contributed by atoms with Crippen molar-refractivity contribution in [2.45, 2.75) is 69.6 Å². The first-order chi connectivity index (χ1) is 9.88. The van der Waals surface area contributed by atoms with Crippen LogP contribution in [0.5, 0.6) is 0 Å². The average Bonchev–Trinajstić information content (AvgIpc) is 2.93. The quantitative estimate of drug-likeness (QED) is 0.894. The summed E-state index contributed by atoms with van der Waals surface area (Å²) in [5, 5.41) is 8.46. The van der Waals surface area contributed by atoms with Crippen molar-refractivity contribution in [2.75, 3.05) is 13.1 Å². The zero-order valence-electron chi connectivity index (χ0n) is 12.3. The molecule has 0 spiro atoms. The predicted octanol–water partition coefficient (Wildman–Crippen LogP) is 2.32. The van der Waals surface area contributed by atoms with E-state index in [1.165, 1.54) is 63.7 Å². The van der Waals surface area contributed by atoms with Gasteiger partial charge in [0.05, 0.1) is 11.7 Å². The van der Waals surface area contributed by atoms with Gasteiger partial charge in [0.1, 0.15) is 0 Å². The molecule has 1 aliphatic heterocycles. The predicted molar refractivity (Wildman–Crippen MR) is 79.6 cm³/mol. The second-order valence-electron chi connectivity index (χ2n) is 6.82. The number of nitrogens with one attached hydrogen (secondary N) is 1. The monoisotopic (exact) mass is 274 g/mol. The molecule has 4 rings (SSSR count). The van der Waals surface area contributed by atoms with Crippen molar-refractivity contribution in [1.29, 1.82) is 0 Å². The van der Waals surface area contributed by atoms with Crippen LogP contribution in [0.2, 0.25) is 0 Å². The van der Waals surface area contributed by atoms with Crippen molar-refractivity contribution in [2.24, 2.45) is 0 Å². The summed E-state index contributed by atoms with van der Waals surface area (Å²) in [6, 6.07) is 4.45. The molecule has 0 radical (unpaired) electrons. The van der Waals surface area contributed by atoms with E-state index in [9.17, 15) is 0 Å². The van der Waals surface area contributed by atoms with Crippen LogP contribution in [0.3, 0.4) is 0 Å². The van der Waals surface area contributed by atoms with Crippen LogP contribution in [0.1, 0.15) is 56.7 Å². The summed E-state index contributed by atoms with van der Waals surface area (Å²) in [5.74, 6) is 0. The lowest BCUT2D eigenvalue weighted by atomic mass is 10.2. The van der Waals surface area contributed by atoms with Crippen LogP contribution in [0, 0.1) is 0 Å². The molecule has 0 amide bonds. The van der Waals surface area contributed by atoms with E-state index in [1.54, 1.807) is 0 Å². The van der Waals surface area contributed by atoms with Gasteiger partial charge in [0, 0.05) is 37.9 Å². The maximum atomic E-state index is 4.76. The second-order valence-corrected chi connectivity index (χ2v) is 6.82. The van der Waals surface area contributed by atoms with E-state index >= 15 is 0 Å². The fourth-order valence-corrected chi connectivity index (χ4v) is 3.82. The second kappa shape index (κ2) is 5.49. The molecule has 1 saturated heterocycles. The fraction of sp³-hybridized carbons (Fsp3) is 0.812. The van der Waals surface area contributed by atoms with Crippen molar-refractivity contribution in [1.82, 2.24) is 20.0 Å². The highest BCUT2D eigenvalue weighted by Crippen LogP contribution is 2.30. The van der Waals surface area contributed by atoms with Crippen LogP contribution >= 0.6 is 0 Å². The summed E-state index contributed by atoms with van der Waals surface area (Å²) in [6.07, 6.45) is 11.7. The van der Waals surface area contributed by atoms with Gasteiger partial charge in [-0.25, -0.2) is 0 Å². The third kappa shape index (κ3) is 2.77. The van der Waals surface area contributed by atoms with Crippen molar-refractivity contribution < 1.29 is 0 Å². The minimum Gasteiger partial charge on any atom is -0.307 e. The van der Waals surface area contributed by atoms with Crippen molar-refractivity contribution >= 4 is 0 Å². The van der Waals surface area contributed by atoms with Crippen molar-refractivity contribution in [3.63, 3.8) is 0 Å². The summed E-state index contributed by atoms with van der Waals surface area (Å²) in [5.41, 5.74) is 1.21. The first kappa shape index (κ1) is 12.8. The third-order valence-electron chi connectivity index (χ3n) is 5.22. The Balaban J connectivity index is 1.27. The SMILES string of the molecule is c1cn(C2CCCC2)nc1CNC1CCN(C2CC2)C1. The Hall–Kier alpha value is -0.870. The minimum atomic E-state index is 0.667. The zero-order valence-corrected chi connectivity index (χ0v) is 12.3. The lowest BCUT2D eigenvalue weighted by molar-refractivity contribution is 0.317. The number of rotatable bonds is 5. The fourth-order valence-electron chi connectivity index (χ4n) is 3.82. The Kier molecular flexibility index (Phi) is 3.52. The molecule has 3 fully saturated rings. The topological polar surface area (TPSA) is 33.1 Å². The van der Waals surface area contributed by atoms with E-state index < -0.39 is 0 Å². The van der Waals surface area contributed by atoms with Gasteiger partial charge in [0.2, 0.25) is 0 Å². The summed E-state index contributed by atoms with van der Waals surface area (Å²) < 4.78 is 2.20. The zero-order chi connectivity index (χ0) is 13.4. The van der Waals surface area contributed by atoms with Gasteiger partial charge >= 0.3 is 0 Å². The normalized spacial score (nSPS) is 28.5. The van der Waals surface area contributed by atoms with E-state index in [1.807, 2.05) is 0 Å². The van der Waals surface area contributed by atoms with Crippen LogP contribution in [-0.2, 0) is 6.54 Å². The molecule has 2 heterocycles. The standard InChI is InChI=1S/C16H26N4/c1-2-4-16(3-1)20-10-8-13(18-20)11-17-14-7-9-19(12-14)15-5-6-15/h8,10,14-17H,1-7,9,11-12H2. The van der Waals surface area contributed by atoms with Gasteiger partial charge in [-0.3, -0.25) is 9.58 Å². The molecule has 4 nitrogen and oxygen atoms in total. The molecule has 0 aromatic carbocycles. The van der Waals surface area contributed by atoms with Crippen LogP contribution in [-0.4, -0.2) is 39.9 Å². The molecule has 1 aromatic heterocycles. The van der Waals surface area contributed by atoms with E-state index in [4.69, 9.17) is 5.10 Å². The van der Waals surface area contributed by atoms with Crippen molar-refractivity contribution in [3.8, 4) is 0 Å². The van der Waals surface area contributed by atoms with E-state index in [0.717, 1.165) is 12.6 Å². The van der Waals surface area contributed by atoms with Crippen LogP contribution in [0.25, 0.3) is 0 Å². The number of likely N-dealkylation sites (tertiary alicyclic amines) is 1. The van der Waals surface area contributed by atoms with Gasteiger partial charge < -0.3 is 5.32 Å². The Morgan fingerprint density at radius 2 is 1.95 bits per heavy atom. The van der Waals surface area contributed by atoms with Gasteiger partial charge in [0.25, 0.3) is 0 Å². The third-order valence-corrected chi connectivity index (χ3v) is 5.22. The molecule has 0 bridgehead atoms. The highest BCUT2D eigenvalue weighted by molar-refractivity contribution is 5.01. The van der Waals surface area contributed by atoms with Crippen LogP contribution < -0.4 is 5.32 Å². The van der Waals surface area contributed by atoms with E-state index in [-0.39, 0.29) is 0 Å². The van der Waals surface area contributed by atoms with Gasteiger partial charge in [0.15, 0.2) is 0 Å². The average molecular weight is 274 g/mol. The van der Waals surface area contributed by atoms with Crippen LogP contribution in [0.15, 0.2) is 12.3 Å². The molecule has 1 unspecified atom stereocenters. The lowest BCUT2D eigenvalue weighted by Crippen LogP contribution is -2.33. The van der Waals surface area contributed by atoms with E-state index in [0.29, 0.717) is 12.1 Å². The number of hydrogen-bond donors (Lipinski definition) is 1. The highest BCUT2D eigenvalue weighted by atomic mass is 15.3. The maximum Gasteiger partial charge on any atom is 0.0762 e. The molecule has 1 atom stereocenters. The van der Waals surface area contributed by atoms with Crippen molar-refractivity contribution in [3.05, 3.63) is 18.0 Å². The minimum absolute atomic E-state index is 0.667. The summed E-state index contributed by atoms with van der Waals surface area (Å²) >= 11 is 0. The molecule has 1 aromatic rings. The maximum absolute atomic E-state index is 4.76.